The van der Waals surface area contributed by atoms with Crippen LogP contribution in [0.3, 0.4) is 0 Å². The Labute approximate surface area is 248 Å². The third kappa shape index (κ3) is 9.22. The number of esters is 1. The molecule has 3 amide bonds. The monoisotopic (exact) mass is 583 g/mol. The number of nitrogens with zero attached hydrogens (tertiary/aromatic N) is 1. The minimum atomic E-state index is -1.14. The number of benzene rings is 2. The molecule has 0 aliphatic carbocycles. The first-order valence-electron chi connectivity index (χ1n) is 14.0. The molecule has 230 valence electrons. The molecule has 2 aromatic rings. The van der Waals surface area contributed by atoms with Gasteiger partial charge in [0.15, 0.2) is 0 Å². The maximum absolute atomic E-state index is 14.7. The van der Waals surface area contributed by atoms with Crippen LogP contribution in [0.5, 0.6) is 5.75 Å². The number of carbonyl (C=O) groups excluding carboxylic acids is 4. The van der Waals surface area contributed by atoms with Crippen LogP contribution in [0.2, 0.25) is 0 Å². The molecule has 0 heterocycles. The molecule has 2 unspecified atom stereocenters. The molecule has 2 atom stereocenters. The molecule has 42 heavy (non-hydrogen) atoms. The lowest BCUT2D eigenvalue weighted by Crippen LogP contribution is -2.60. The fourth-order valence-corrected chi connectivity index (χ4v) is 4.60. The van der Waals surface area contributed by atoms with Crippen molar-refractivity contribution < 1.29 is 33.8 Å². The van der Waals surface area contributed by atoms with Crippen LogP contribution < -0.4 is 10.6 Å². The first-order valence-corrected chi connectivity index (χ1v) is 14.0. The van der Waals surface area contributed by atoms with E-state index < -0.39 is 47.1 Å². The SMILES string of the molecule is CCC(C)(C)N(C(=O)C(Cc1ccc(O)cc1)NC(=O)OC(C)(C)C)C(C(=O)NCC(=O)OC)c1c(C)cccc1C. The van der Waals surface area contributed by atoms with Crippen molar-refractivity contribution in [2.75, 3.05) is 13.7 Å². The van der Waals surface area contributed by atoms with E-state index in [0.717, 1.165) is 11.1 Å². The summed E-state index contributed by atoms with van der Waals surface area (Å²) < 4.78 is 10.2. The number of rotatable bonds is 11. The fraction of sp³-hybridized carbons (Fsp3) is 0.500. The number of hydrogen-bond donors (Lipinski definition) is 3. The summed E-state index contributed by atoms with van der Waals surface area (Å²) in [6.45, 7) is 14.1. The number of alkyl carbamates (subject to hydrolysis) is 1. The first kappa shape index (κ1) is 34.1. The topological polar surface area (TPSA) is 134 Å². The van der Waals surface area contributed by atoms with E-state index in [9.17, 15) is 24.3 Å². The number of methoxy groups -OCH3 is 1. The van der Waals surface area contributed by atoms with Crippen LogP contribution >= 0.6 is 0 Å². The van der Waals surface area contributed by atoms with Crippen LogP contribution in [0.1, 0.15) is 76.3 Å². The van der Waals surface area contributed by atoms with Gasteiger partial charge < -0.3 is 30.1 Å². The highest BCUT2D eigenvalue weighted by molar-refractivity contribution is 5.94. The number of ether oxygens (including phenoxy) is 2. The lowest BCUT2D eigenvalue weighted by Gasteiger charge is -2.45. The Hall–Kier alpha value is -4.08. The van der Waals surface area contributed by atoms with E-state index in [2.05, 4.69) is 10.6 Å². The Kier molecular flexibility index (Phi) is 11.5. The third-order valence-electron chi connectivity index (χ3n) is 7.08. The molecular weight excluding hydrogens is 538 g/mol. The molecule has 0 bridgehead atoms. The average molecular weight is 584 g/mol. The van der Waals surface area contributed by atoms with E-state index in [1.807, 2.05) is 52.8 Å². The van der Waals surface area contributed by atoms with Crippen molar-refractivity contribution in [3.63, 3.8) is 0 Å². The molecule has 10 heteroatoms. The maximum atomic E-state index is 14.7. The fourth-order valence-electron chi connectivity index (χ4n) is 4.60. The van der Waals surface area contributed by atoms with Crippen molar-refractivity contribution in [2.45, 2.75) is 91.5 Å². The molecule has 0 fully saturated rings. The summed E-state index contributed by atoms with van der Waals surface area (Å²) in [5.74, 6) is -1.64. The third-order valence-corrected chi connectivity index (χ3v) is 7.08. The van der Waals surface area contributed by atoms with Gasteiger partial charge in [0.25, 0.3) is 0 Å². The number of aromatic hydroxyl groups is 1. The van der Waals surface area contributed by atoms with Gasteiger partial charge in [0.2, 0.25) is 11.8 Å². The van der Waals surface area contributed by atoms with Crippen molar-refractivity contribution in [2.24, 2.45) is 0 Å². The molecule has 2 rings (SSSR count). The van der Waals surface area contributed by atoms with Crippen LogP contribution in [-0.4, -0.2) is 64.7 Å². The molecule has 0 aliphatic heterocycles. The molecule has 0 aromatic heterocycles. The van der Waals surface area contributed by atoms with E-state index in [0.29, 0.717) is 17.5 Å². The molecule has 10 nitrogen and oxygen atoms in total. The standard InChI is InChI=1S/C32H45N3O7/c1-10-32(7,8)35(27(28(38)33-19-25(37)41-9)26-20(2)12-11-13-21(26)3)29(39)24(34-30(40)42-31(4,5)6)18-22-14-16-23(36)17-15-22/h11-17,24,27,36H,10,18-19H2,1-9H3,(H,33,38)(H,34,40). The van der Waals surface area contributed by atoms with E-state index in [1.165, 1.54) is 24.1 Å². The number of phenols is 1. The zero-order valence-electron chi connectivity index (χ0n) is 26.2. The van der Waals surface area contributed by atoms with E-state index in [-0.39, 0.29) is 18.7 Å². The number of aryl methyl sites for hydroxylation is 2. The predicted octanol–water partition coefficient (Wildman–Crippen LogP) is 4.49. The molecule has 3 N–H and O–H groups in total. The molecular formula is C32H45N3O7. The summed E-state index contributed by atoms with van der Waals surface area (Å²) in [4.78, 5) is 55.1. The number of hydrogen-bond acceptors (Lipinski definition) is 7. The van der Waals surface area contributed by atoms with Gasteiger partial charge in [-0.15, -0.1) is 0 Å². The molecule has 0 aliphatic rings. The molecule has 2 aromatic carbocycles. The second kappa shape index (κ2) is 14.2. The number of carbonyl (C=O) groups is 4. The number of phenolic OH excluding ortho intramolecular Hbond substituents is 1. The number of nitrogens with one attached hydrogen (secondary N) is 2. The van der Waals surface area contributed by atoms with Gasteiger partial charge >= 0.3 is 12.1 Å². The highest BCUT2D eigenvalue weighted by Crippen LogP contribution is 2.35. The zero-order valence-corrected chi connectivity index (χ0v) is 26.2. The summed E-state index contributed by atoms with van der Waals surface area (Å²) in [7, 11) is 1.23. The van der Waals surface area contributed by atoms with Gasteiger partial charge in [-0.25, -0.2) is 4.79 Å². The van der Waals surface area contributed by atoms with Crippen molar-refractivity contribution in [3.8, 4) is 5.75 Å². The molecule has 0 spiro atoms. The maximum Gasteiger partial charge on any atom is 0.408 e. The van der Waals surface area contributed by atoms with Gasteiger partial charge in [-0.1, -0.05) is 37.3 Å². The van der Waals surface area contributed by atoms with Gasteiger partial charge in [0.1, 0.15) is 30.0 Å². The predicted molar refractivity (Wildman–Crippen MR) is 160 cm³/mol. The lowest BCUT2D eigenvalue weighted by molar-refractivity contribution is -0.150. The highest BCUT2D eigenvalue weighted by atomic mass is 16.6. The Morgan fingerprint density at radius 3 is 2.02 bits per heavy atom. The summed E-state index contributed by atoms with van der Waals surface area (Å²) >= 11 is 0. The van der Waals surface area contributed by atoms with Crippen LogP contribution in [0.4, 0.5) is 4.79 Å². The van der Waals surface area contributed by atoms with Gasteiger partial charge in [0.05, 0.1) is 7.11 Å². The average Bonchev–Trinajstić information content (AvgIpc) is 2.90. The highest BCUT2D eigenvalue weighted by Gasteiger charge is 2.44. The number of amides is 3. The minimum absolute atomic E-state index is 0.0628. The molecule has 0 saturated heterocycles. The van der Waals surface area contributed by atoms with E-state index >= 15 is 0 Å². The summed E-state index contributed by atoms with van der Waals surface area (Å²) in [6, 6.07) is 9.63. The van der Waals surface area contributed by atoms with Gasteiger partial charge in [-0.05, 0) is 89.3 Å². The van der Waals surface area contributed by atoms with E-state index in [1.54, 1.807) is 32.9 Å². The summed E-state index contributed by atoms with van der Waals surface area (Å²) in [5.41, 5.74) is 1.18. The van der Waals surface area contributed by atoms with Gasteiger partial charge in [-0.3, -0.25) is 14.4 Å². The lowest BCUT2D eigenvalue weighted by atomic mass is 9.88. The summed E-state index contributed by atoms with van der Waals surface area (Å²) in [5, 5.41) is 15.1. The first-order chi connectivity index (χ1) is 19.5. The zero-order chi connectivity index (χ0) is 31.8. The van der Waals surface area contributed by atoms with Crippen molar-refractivity contribution in [3.05, 3.63) is 64.7 Å². The van der Waals surface area contributed by atoms with Gasteiger partial charge in [-0.2, -0.15) is 0 Å². The Morgan fingerprint density at radius 1 is 0.952 bits per heavy atom. The minimum Gasteiger partial charge on any atom is -0.508 e. The van der Waals surface area contributed by atoms with E-state index in [4.69, 9.17) is 9.47 Å². The Morgan fingerprint density at radius 2 is 1.52 bits per heavy atom. The van der Waals surface area contributed by atoms with Crippen LogP contribution in [-0.2, 0) is 30.3 Å². The van der Waals surface area contributed by atoms with Crippen LogP contribution in [0.25, 0.3) is 0 Å². The van der Waals surface area contributed by atoms with Crippen molar-refractivity contribution in [1.82, 2.24) is 15.5 Å². The smallest absolute Gasteiger partial charge is 0.408 e. The second-order valence-electron chi connectivity index (χ2n) is 11.9. The van der Waals surface area contributed by atoms with Crippen LogP contribution in [0.15, 0.2) is 42.5 Å². The van der Waals surface area contributed by atoms with Crippen molar-refractivity contribution in [1.29, 1.82) is 0 Å². The Bertz CT molecular complexity index is 1250. The van der Waals surface area contributed by atoms with Gasteiger partial charge in [0, 0.05) is 12.0 Å². The molecule has 0 radical (unpaired) electrons. The molecule has 0 saturated carbocycles. The Balaban J connectivity index is 2.72. The normalized spacial score (nSPS) is 13.0. The largest absolute Gasteiger partial charge is 0.508 e. The second-order valence-corrected chi connectivity index (χ2v) is 11.9. The van der Waals surface area contributed by atoms with Crippen molar-refractivity contribution >= 4 is 23.9 Å². The quantitative estimate of drug-likeness (QED) is 0.332. The van der Waals surface area contributed by atoms with Crippen LogP contribution in [0, 0.1) is 13.8 Å². The summed E-state index contributed by atoms with van der Waals surface area (Å²) in [6.07, 6.45) is -0.242.